The maximum absolute atomic E-state index is 11.6. The lowest BCUT2D eigenvalue weighted by molar-refractivity contribution is 0.0952. The van der Waals surface area contributed by atoms with Crippen LogP contribution in [0.1, 0.15) is 29.6 Å². The van der Waals surface area contributed by atoms with Gasteiger partial charge in [-0.25, -0.2) is 4.98 Å². The highest BCUT2D eigenvalue weighted by atomic mass is 35.5. The molecule has 5 heteroatoms. The molecule has 0 fully saturated rings. The van der Waals surface area contributed by atoms with E-state index in [0.29, 0.717) is 17.3 Å². The summed E-state index contributed by atoms with van der Waals surface area (Å²) >= 11 is 5.67. The number of aliphatic hydroxyl groups excluding tert-OH is 1. The Morgan fingerprint density at radius 2 is 2.25 bits per heavy atom. The van der Waals surface area contributed by atoms with Crippen LogP contribution in [0, 0.1) is 0 Å². The van der Waals surface area contributed by atoms with Crippen LogP contribution in [-0.2, 0) is 0 Å². The number of nitrogens with one attached hydrogen (secondary N) is 1. The van der Waals surface area contributed by atoms with Gasteiger partial charge in [0, 0.05) is 24.9 Å². The predicted octanol–water partition coefficient (Wildman–Crippen LogP) is 1.63. The van der Waals surface area contributed by atoms with Gasteiger partial charge in [-0.1, -0.05) is 11.6 Å². The van der Waals surface area contributed by atoms with Crippen LogP contribution in [0.5, 0.6) is 0 Å². The first-order valence-corrected chi connectivity index (χ1v) is 5.62. The van der Waals surface area contributed by atoms with Crippen molar-refractivity contribution in [3.05, 3.63) is 29.0 Å². The lowest BCUT2D eigenvalue weighted by Crippen LogP contribution is -2.24. The maximum atomic E-state index is 11.6. The Bertz CT molecular complexity index is 345. The molecule has 0 bridgehead atoms. The molecule has 0 saturated carbocycles. The van der Waals surface area contributed by atoms with Crippen molar-refractivity contribution in [3.63, 3.8) is 0 Å². The van der Waals surface area contributed by atoms with E-state index in [9.17, 15) is 4.79 Å². The Balaban J connectivity index is 2.30. The van der Waals surface area contributed by atoms with Gasteiger partial charge in [0.05, 0.1) is 0 Å². The Morgan fingerprint density at radius 3 is 2.94 bits per heavy atom. The van der Waals surface area contributed by atoms with Crippen LogP contribution in [0.25, 0.3) is 0 Å². The molecule has 4 nitrogen and oxygen atoms in total. The van der Waals surface area contributed by atoms with E-state index in [2.05, 4.69) is 10.3 Å². The van der Waals surface area contributed by atoms with Crippen LogP contribution in [0.2, 0.25) is 5.15 Å². The van der Waals surface area contributed by atoms with Crippen molar-refractivity contribution in [2.24, 2.45) is 0 Å². The fraction of sp³-hybridized carbons (Fsp3) is 0.455. The van der Waals surface area contributed by atoms with E-state index in [1.807, 2.05) is 0 Å². The van der Waals surface area contributed by atoms with Gasteiger partial charge in [-0.15, -0.1) is 0 Å². The van der Waals surface area contributed by atoms with Gasteiger partial charge in [-0.2, -0.15) is 0 Å². The number of aromatic nitrogens is 1. The van der Waals surface area contributed by atoms with Crippen LogP contribution in [0.3, 0.4) is 0 Å². The van der Waals surface area contributed by atoms with E-state index in [-0.39, 0.29) is 12.5 Å². The van der Waals surface area contributed by atoms with Crippen molar-refractivity contribution in [2.75, 3.05) is 13.2 Å². The second-order valence-corrected chi connectivity index (χ2v) is 3.79. The summed E-state index contributed by atoms with van der Waals surface area (Å²) < 4.78 is 0. The van der Waals surface area contributed by atoms with Gasteiger partial charge in [-0.3, -0.25) is 4.79 Å². The number of aliphatic hydroxyl groups is 1. The topological polar surface area (TPSA) is 62.2 Å². The van der Waals surface area contributed by atoms with Crippen LogP contribution >= 0.6 is 11.6 Å². The lowest BCUT2D eigenvalue weighted by atomic mass is 10.2. The van der Waals surface area contributed by atoms with Crippen molar-refractivity contribution >= 4 is 17.5 Å². The summed E-state index contributed by atoms with van der Waals surface area (Å²) in [5, 5.41) is 11.7. The number of pyridine rings is 1. The standard InChI is InChI=1S/C11H15ClN2O2/c12-10-8-9(4-6-13-10)11(16)14-5-2-1-3-7-15/h4,6,8,15H,1-3,5,7H2,(H,14,16). The van der Waals surface area contributed by atoms with E-state index in [4.69, 9.17) is 16.7 Å². The van der Waals surface area contributed by atoms with E-state index < -0.39 is 0 Å². The summed E-state index contributed by atoms with van der Waals surface area (Å²) in [6.07, 6.45) is 4.05. The molecule has 2 N–H and O–H groups in total. The molecule has 1 aromatic rings. The quantitative estimate of drug-likeness (QED) is 0.589. The van der Waals surface area contributed by atoms with E-state index in [1.165, 1.54) is 12.3 Å². The zero-order valence-electron chi connectivity index (χ0n) is 8.95. The van der Waals surface area contributed by atoms with Gasteiger partial charge in [0.25, 0.3) is 5.91 Å². The average Bonchev–Trinajstić information content (AvgIpc) is 2.28. The molecule has 1 aromatic heterocycles. The minimum Gasteiger partial charge on any atom is -0.396 e. The van der Waals surface area contributed by atoms with Crippen LogP contribution in [0.15, 0.2) is 18.3 Å². The Hall–Kier alpha value is -1.13. The maximum Gasteiger partial charge on any atom is 0.251 e. The third-order valence-corrected chi connectivity index (χ3v) is 2.32. The summed E-state index contributed by atoms with van der Waals surface area (Å²) in [6.45, 7) is 0.812. The predicted molar refractivity (Wildman–Crippen MR) is 62.5 cm³/mol. The number of halogens is 1. The van der Waals surface area contributed by atoms with E-state index in [1.54, 1.807) is 6.07 Å². The molecule has 0 radical (unpaired) electrons. The van der Waals surface area contributed by atoms with Crippen LogP contribution in [0.4, 0.5) is 0 Å². The molecule has 0 aromatic carbocycles. The highest BCUT2D eigenvalue weighted by Gasteiger charge is 2.04. The van der Waals surface area contributed by atoms with E-state index >= 15 is 0 Å². The number of unbranched alkanes of at least 4 members (excludes halogenated alkanes) is 2. The van der Waals surface area contributed by atoms with Gasteiger partial charge in [0.15, 0.2) is 0 Å². The molecule has 1 amide bonds. The molecule has 1 rings (SSSR count). The highest BCUT2D eigenvalue weighted by Crippen LogP contribution is 2.06. The second kappa shape index (κ2) is 7.19. The van der Waals surface area contributed by atoms with Crippen molar-refractivity contribution in [1.29, 1.82) is 0 Å². The largest absolute Gasteiger partial charge is 0.396 e. The van der Waals surface area contributed by atoms with Crippen LogP contribution < -0.4 is 5.32 Å². The minimum absolute atomic E-state index is 0.145. The number of carbonyl (C=O) groups is 1. The fourth-order valence-electron chi connectivity index (χ4n) is 1.26. The highest BCUT2D eigenvalue weighted by molar-refractivity contribution is 6.29. The third kappa shape index (κ3) is 4.59. The zero-order chi connectivity index (χ0) is 11.8. The van der Waals surface area contributed by atoms with Gasteiger partial charge in [-0.05, 0) is 31.4 Å². The normalized spacial score (nSPS) is 10.1. The number of nitrogens with zero attached hydrogens (tertiary/aromatic N) is 1. The van der Waals surface area contributed by atoms with Gasteiger partial charge >= 0.3 is 0 Å². The first kappa shape index (κ1) is 12.9. The smallest absolute Gasteiger partial charge is 0.251 e. The molecule has 0 aliphatic heterocycles. The molecular weight excluding hydrogens is 228 g/mol. The summed E-state index contributed by atoms with van der Waals surface area (Å²) in [5.41, 5.74) is 0.516. The van der Waals surface area contributed by atoms with Gasteiger partial charge in [0.1, 0.15) is 5.15 Å². The SMILES string of the molecule is O=C(NCCCCCO)c1ccnc(Cl)c1. The Labute approximate surface area is 99.6 Å². The Kier molecular flexibility index (Phi) is 5.82. The molecular formula is C11H15ClN2O2. The molecule has 88 valence electrons. The molecule has 0 spiro atoms. The second-order valence-electron chi connectivity index (χ2n) is 3.41. The first-order chi connectivity index (χ1) is 7.74. The van der Waals surface area contributed by atoms with Crippen molar-refractivity contribution in [3.8, 4) is 0 Å². The Morgan fingerprint density at radius 1 is 1.44 bits per heavy atom. The molecule has 0 aliphatic rings. The number of amides is 1. The van der Waals surface area contributed by atoms with Gasteiger partial charge in [0.2, 0.25) is 0 Å². The minimum atomic E-state index is -0.145. The fourth-order valence-corrected chi connectivity index (χ4v) is 1.44. The summed E-state index contributed by atoms with van der Waals surface area (Å²) in [4.78, 5) is 15.4. The molecule has 16 heavy (non-hydrogen) atoms. The first-order valence-electron chi connectivity index (χ1n) is 5.24. The molecule has 1 heterocycles. The summed E-state index contributed by atoms with van der Waals surface area (Å²) in [7, 11) is 0. The molecule has 0 unspecified atom stereocenters. The number of hydrogen-bond donors (Lipinski definition) is 2. The third-order valence-electron chi connectivity index (χ3n) is 2.11. The van der Waals surface area contributed by atoms with E-state index in [0.717, 1.165) is 19.3 Å². The van der Waals surface area contributed by atoms with Crippen molar-refractivity contribution < 1.29 is 9.90 Å². The summed E-state index contributed by atoms with van der Waals surface area (Å²) in [5.74, 6) is -0.145. The van der Waals surface area contributed by atoms with Gasteiger partial charge < -0.3 is 10.4 Å². The zero-order valence-corrected chi connectivity index (χ0v) is 9.70. The van der Waals surface area contributed by atoms with Crippen molar-refractivity contribution in [1.82, 2.24) is 10.3 Å². The van der Waals surface area contributed by atoms with Crippen LogP contribution in [-0.4, -0.2) is 29.1 Å². The summed E-state index contributed by atoms with van der Waals surface area (Å²) in [6, 6.07) is 3.15. The molecule has 0 saturated heterocycles. The average molecular weight is 243 g/mol. The molecule has 0 aliphatic carbocycles. The number of hydrogen-bond acceptors (Lipinski definition) is 3. The molecule has 0 atom stereocenters. The lowest BCUT2D eigenvalue weighted by Gasteiger charge is -2.04. The number of rotatable bonds is 6. The van der Waals surface area contributed by atoms with Crippen molar-refractivity contribution in [2.45, 2.75) is 19.3 Å². The monoisotopic (exact) mass is 242 g/mol. The number of carbonyl (C=O) groups excluding carboxylic acids is 1.